The summed E-state index contributed by atoms with van der Waals surface area (Å²) in [4.78, 5) is 24.0. The maximum Gasteiger partial charge on any atom is 0.328 e. The third kappa shape index (κ3) is 7.50. The molecule has 1 heterocycles. The molecule has 1 aromatic heterocycles. The largest absolute Gasteiger partial charge is 0.478 e. The van der Waals surface area contributed by atoms with E-state index < -0.39 is 11.9 Å². The van der Waals surface area contributed by atoms with Gasteiger partial charge < -0.3 is 15.5 Å². The fourth-order valence-corrected chi connectivity index (χ4v) is 3.66. The van der Waals surface area contributed by atoms with Gasteiger partial charge in [-0.05, 0) is 43.7 Å². The molecule has 0 fully saturated rings. The van der Waals surface area contributed by atoms with Gasteiger partial charge in [0.05, 0.1) is 5.52 Å². The van der Waals surface area contributed by atoms with Gasteiger partial charge >= 0.3 is 11.9 Å². The molecule has 1 aliphatic rings. The van der Waals surface area contributed by atoms with Gasteiger partial charge in [0.2, 0.25) is 0 Å². The number of para-hydroxylation sites is 1. The van der Waals surface area contributed by atoms with Crippen molar-refractivity contribution >= 4 is 28.5 Å². The predicted molar refractivity (Wildman–Crippen MR) is 120 cm³/mol. The Morgan fingerprint density at radius 3 is 2.37 bits per heavy atom. The molecule has 0 unspecified atom stereocenters. The maximum absolute atomic E-state index is 9.55. The Morgan fingerprint density at radius 1 is 1.00 bits per heavy atom. The van der Waals surface area contributed by atoms with Gasteiger partial charge in [0.25, 0.3) is 0 Å². The molecule has 3 N–H and O–H groups in total. The number of aliphatic carboxylic acids is 2. The van der Waals surface area contributed by atoms with E-state index in [1.807, 2.05) is 0 Å². The van der Waals surface area contributed by atoms with Crippen LogP contribution in [0, 0.1) is 0 Å². The van der Waals surface area contributed by atoms with Gasteiger partial charge in [0.15, 0.2) is 0 Å². The first-order chi connectivity index (χ1) is 14.5. The summed E-state index contributed by atoms with van der Waals surface area (Å²) in [5.74, 6) is -2.51. The van der Waals surface area contributed by atoms with E-state index in [0.29, 0.717) is 12.2 Å². The number of aromatic nitrogens is 1. The van der Waals surface area contributed by atoms with Gasteiger partial charge in [0.1, 0.15) is 0 Å². The van der Waals surface area contributed by atoms with Crippen LogP contribution in [0.15, 0.2) is 36.4 Å². The minimum atomic E-state index is -1.26. The molecule has 0 radical (unpaired) electrons. The highest BCUT2D eigenvalue weighted by Gasteiger charge is 2.17. The average Bonchev–Trinajstić information content (AvgIpc) is 2.74. The molecular weight excluding hydrogens is 380 g/mol. The quantitative estimate of drug-likeness (QED) is 0.386. The number of hydrogen-bond donors (Lipinski definition) is 3. The number of pyridine rings is 1. The van der Waals surface area contributed by atoms with Crippen molar-refractivity contribution in [2.45, 2.75) is 64.7 Å². The summed E-state index contributed by atoms with van der Waals surface area (Å²) in [6.07, 6.45) is 12.7. The second-order valence-corrected chi connectivity index (χ2v) is 7.49. The lowest BCUT2D eigenvalue weighted by Gasteiger charge is -2.21. The van der Waals surface area contributed by atoms with Crippen molar-refractivity contribution in [3.63, 3.8) is 0 Å². The molecule has 3 rings (SSSR count). The van der Waals surface area contributed by atoms with Gasteiger partial charge in [-0.2, -0.15) is 0 Å². The van der Waals surface area contributed by atoms with Gasteiger partial charge in [-0.3, -0.25) is 4.98 Å². The first-order valence-corrected chi connectivity index (χ1v) is 10.8. The van der Waals surface area contributed by atoms with Crippen LogP contribution >= 0.6 is 0 Å². The number of rotatable bonds is 9. The second kappa shape index (κ2) is 12.6. The Bertz CT molecular complexity index is 861. The summed E-state index contributed by atoms with van der Waals surface area (Å²) < 4.78 is 0. The fraction of sp³-hybridized carbons (Fsp3) is 0.458. The Balaban J connectivity index is 0.000000343. The summed E-state index contributed by atoms with van der Waals surface area (Å²) in [5.41, 5.74) is 5.34. The average molecular weight is 413 g/mol. The van der Waals surface area contributed by atoms with E-state index in [0.717, 1.165) is 18.5 Å². The SMILES string of the molecule is CCCCCCCNc1c2c(nc3ccccc13)CCCC2.O=C(O)C=CC(=O)O. The first-order valence-electron chi connectivity index (χ1n) is 10.8. The van der Waals surface area contributed by atoms with Crippen LogP contribution in [0.25, 0.3) is 10.9 Å². The Kier molecular flexibility index (Phi) is 9.84. The van der Waals surface area contributed by atoms with Crippen molar-refractivity contribution in [2.75, 3.05) is 11.9 Å². The minimum absolute atomic E-state index is 0.558. The van der Waals surface area contributed by atoms with Gasteiger partial charge in [-0.15, -0.1) is 0 Å². The van der Waals surface area contributed by atoms with Crippen molar-refractivity contribution in [1.29, 1.82) is 0 Å². The molecule has 1 aromatic carbocycles. The summed E-state index contributed by atoms with van der Waals surface area (Å²) in [6, 6.07) is 8.60. The third-order valence-corrected chi connectivity index (χ3v) is 5.12. The number of carboxylic acids is 2. The molecular formula is C24H32N2O4. The lowest BCUT2D eigenvalue weighted by molar-refractivity contribution is -0.134. The number of nitrogens with one attached hydrogen (secondary N) is 1. The summed E-state index contributed by atoms with van der Waals surface area (Å²) in [6.45, 7) is 3.36. The zero-order chi connectivity index (χ0) is 21.8. The highest BCUT2D eigenvalue weighted by atomic mass is 16.4. The number of carbonyl (C=O) groups is 2. The van der Waals surface area contributed by atoms with Crippen LogP contribution in [-0.2, 0) is 22.4 Å². The molecule has 30 heavy (non-hydrogen) atoms. The number of carboxylic acid groups (broad SMARTS) is 2. The van der Waals surface area contributed by atoms with E-state index in [-0.39, 0.29) is 0 Å². The monoisotopic (exact) mass is 412 g/mol. The lowest BCUT2D eigenvalue weighted by Crippen LogP contribution is -2.12. The number of nitrogens with zero attached hydrogens (tertiary/aromatic N) is 1. The number of anilines is 1. The molecule has 6 heteroatoms. The van der Waals surface area contributed by atoms with E-state index in [9.17, 15) is 9.59 Å². The highest BCUT2D eigenvalue weighted by molar-refractivity contribution is 5.93. The molecule has 0 amide bonds. The van der Waals surface area contributed by atoms with Crippen molar-refractivity contribution < 1.29 is 19.8 Å². The number of hydrogen-bond acceptors (Lipinski definition) is 4. The molecule has 0 atom stereocenters. The smallest absolute Gasteiger partial charge is 0.328 e. The molecule has 0 saturated carbocycles. The maximum atomic E-state index is 9.55. The van der Waals surface area contributed by atoms with E-state index in [1.54, 1.807) is 0 Å². The first kappa shape index (κ1) is 23.4. The molecule has 1 aliphatic carbocycles. The Hall–Kier alpha value is -2.89. The van der Waals surface area contributed by atoms with Gasteiger partial charge in [-0.25, -0.2) is 9.59 Å². The second-order valence-electron chi connectivity index (χ2n) is 7.49. The molecule has 0 saturated heterocycles. The van der Waals surface area contributed by atoms with Crippen molar-refractivity contribution in [1.82, 2.24) is 4.98 Å². The van der Waals surface area contributed by atoms with Gasteiger partial charge in [0, 0.05) is 35.5 Å². The van der Waals surface area contributed by atoms with Gasteiger partial charge in [-0.1, -0.05) is 50.8 Å². The molecule has 0 spiro atoms. The van der Waals surface area contributed by atoms with Crippen LogP contribution in [0.2, 0.25) is 0 Å². The molecule has 0 aliphatic heterocycles. The zero-order valence-electron chi connectivity index (χ0n) is 17.7. The predicted octanol–water partition coefficient (Wildman–Crippen LogP) is 5.21. The number of aryl methyl sites for hydroxylation is 1. The normalized spacial score (nSPS) is 12.8. The van der Waals surface area contributed by atoms with Crippen LogP contribution in [0.5, 0.6) is 0 Å². The fourth-order valence-electron chi connectivity index (χ4n) is 3.66. The van der Waals surface area contributed by atoms with E-state index in [2.05, 4.69) is 36.5 Å². The highest BCUT2D eigenvalue weighted by Crippen LogP contribution is 2.33. The number of unbranched alkanes of at least 4 members (excludes halogenated alkanes) is 4. The van der Waals surface area contributed by atoms with Crippen molar-refractivity contribution in [2.24, 2.45) is 0 Å². The molecule has 2 aromatic rings. The summed E-state index contributed by atoms with van der Waals surface area (Å²) in [5, 5.41) is 20.7. The minimum Gasteiger partial charge on any atom is -0.478 e. The lowest BCUT2D eigenvalue weighted by atomic mass is 9.92. The van der Waals surface area contributed by atoms with Crippen molar-refractivity contribution in [3.05, 3.63) is 47.7 Å². The number of fused-ring (bicyclic) bond motifs is 2. The molecule has 6 nitrogen and oxygen atoms in total. The molecule has 162 valence electrons. The Morgan fingerprint density at radius 2 is 1.67 bits per heavy atom. The van der Waals surface area contributed by atoms with Crippen LogP contribution in [-0.4, -0.2) is 33.7 Å². The van der Waals surface area contributed by atoms with E-state index >= 15 is 0 Å². The van der Waals surface area contributed by atoms with Crippen LogP contribution in [0.1, 0.15) is 63.1 Å². The van der Waals surface area contributed by atoms with Crippen LogP contribution in [0.3, 0.4) is 0 Å². The van der Waals surface area contributed by atoms with Crippen molar-refractivity contribution in [3.8, 4) is 0 Å². The van der Waals surface area contributed by atoms with Crippen LogP contribution < -0.4 is 5.32 Å². The topological polar surface area (TPSA) is 99.5 Å². The Labute approximate surface area is 178 Å². The summed E-state index contributed by atoms with van der Waals surface area (Å²) in [7, 11) is 0. The molecule has 0 bridgehead atoms. The zero-order valence-corrected chi connectivity index (χ0v) is 17.7. The van der Waals surface area contributed by atoms with E-state index in [4.69, 9.17) is 15.2 Å². The number of benzene rings is 1. The third-order valence-electron chi connectivity index (χ3n) is 5.12. The van der Waals surface area contributed by atoms with Crippen LogP contribution in [0.4, 0.5) is 5.69 Å². The standard InChI is InChI=1S/C20H28N2.C4H4O4/c1-2-3-4-5-10-15-21-20-16-11-6-8-13-18(16)22-19-14-9-7-12-17(19)20;5-3(6)1-2-4(7)8/h6,8,11,13H,2-5,7,9-10,12,14-15H2,1H3,(H,21,22);1-2H,(H,5,6)(H,7,8). The summed E-state index contributed by atoms with van der Waals surface area (Å²) >= 11 is 0. The van der Waals surface area contributed by atoms with E-state index in [1.165, 1.54) is 73.7 Å².